The fourth-order valence-corrected chi connectivity index (χ4v) is 4.28. The molecule has 1 atom stereocenters. The number of aromatic amines is 1. The Morgan fingerprint density at radius 2 is 2.07 bits per heavy atom. The van der Waals surface area contributed by atoms with Gasteiger partial charge in [0.05, 0.1) is 17.6 Å². The number of nitrogens with one attached hydrogen (secondary N) is 2. The molecule has 28 heavy (non-hydrogen) atoms. The molecule has 1 saturated carbocycles. The number of aromatic nitrogens is 4. The van der Waals surface area contributed by atoms with Crippen molar-refractivity contribution in [1.29, 1.82) is 0 Å². The standard InChI is InChI=1S/C20H29N7O/c1-26(2)20-21-10-9-17(24-20)27-11-5-8-15(13-27)18-16(12-22-25-18)23-19(28)14-6-3-4-7-14/h9-10,12,14-15H,3-8,11,13H2,1-2H3,(H,22,25)(H,23,28). The van der Waals surface area contributed by atoms with E-state index in [1.54, 1.807) is 6.20 Å². The van der Waals surface area contributed by atoms with Gasteiger partial charge in [0.25, 0.3) is 0 Å². The van der Waals surface area contributed by atoms with Crippen LogP contribution in [0.2, 0.25) is 0 Å². The number of nitrogens with zero attached hydrogens (tertiary/aromatic N) is 5. The minimum atomic E-state index is 0.138. The Morgan fingerprint density at radius 1 is 1.25 bits per heavy atom. The van der Waals surface area contributed by atoms with E-state index in [-0.39, 0.29) is 17.7 Å². The monoisotopic (exact) mass is 383 g/mol. The molecule has 1 aliphatic carbocycles. The lowest BCUT2D eigenvalue weighted by Crippen LogP contribution is -2.35. The van der Waals surface area contributed by atoms with E-state index in [1.165, 1.54) is 0 Å². The molecule has 150 valence electrons. The normalized spacial score (nSPS) is 20.4. The number of H-pyrrole nitrogens is 1. The number of rotatable bonds is 5. The fraction of sp³-hybridized carbons (Fsp3) is 0.600. The number of carbonyl (C=O) groups is 1. The molecule has 2 fully saturated rings. The lowest BCUT2D eigenvalue weighted by atomic mass is 9.94. The van der Waals surface area contributed by atoms with Crippen molar-refractivity contribution >= 4 is 23.4 Å². The highest BCUT2D eigenvalue weighted by atomic mass is 16.1. The van der Waals surface area contributed by atoms with E-state index < -0.39 is 0 Å². The summed E-state index contributed by atoms with van der Waals surface area (Å²) >= 11 is 0. The fourth-order valence-electron chi connectivity index (χ4n) is 4.28. The number of anilines is 3. The van der Waals surface area contributed by atoms with Crippen LogP contribution < -0.4 is 15.1 Å². The second-order valence-corrected chi connectivity index (χ2v) is 8.06. The summed E-state index contributed by atoms with van der Waals surface area (Å²) in [6.45, 7) is 1.82. The molecule has 0 bridgehead atoms. The predicted molar refractivity (Wildman–Crippen MR) is 110 cm³/mol. The number of amides is 1. The van der Waals surface area contributed by atoms with Crippen LogP contribution in [0.5, 0.6) is 0 Å². The minimum absolute atomic E-state index is 0.138. The van der Waals surface area contributed by atoms with Crippen molar-refractivity contribution in [3.05, 3.63) is 24.2 Å². The first-order valence-corrected chi connectivity index (χ1v) is 10.2. The second-order valence-electron chi connectivity index (χ2n) is 8.06. The van der Waals surface area contributed by atoms with Crippen molar-refractivity contribution in [2.24, 2.45) is 5.92 Å². The largest absolute Gasteiger partial charge is 0.356 e. The van der Waals surface area contributed by atoms with Gasteiger partial charge in [-0.3, -0.25) is 9.89 Å². The number of carbonyl (C=O) groups excluding carboxylic acids is 1. The number of hydrogen-bond acceptors (Lipinski definition) is 6. The zero-order valence-corrected chi connectivity index (χ0v) is 16.7. The van der Waals surface area contributed by atoms with Crippen molar-refractivity contribution in [3.63, 3.8) is 0 Å². The molecule has 2 N–H and O–H groups in total. The lowest BCUT2D eigenvalue weighted by molar-refractivity contribution is -0.119. The zero-order valence-electron chi connectivity index (χ0n) is 16.7. The molecule has 2 aliphatic rings. The van der Waals surface area contributed by atoms with E-state index in [0.717, 1.165) is 68.8 Å². The molecule has 1 saturated heterocycles. The molecule has 1 unspecified atom stereocenters. The van der Waals surface area contributed by atoms with Crippen LogP contribution in [0, 0.1) is 5.92 Å². The summed E-state index contributed by atoms with van der Waals surface area (Å²) in [5.74, 6) is 2.23. The first-order valence-electron chi connectivity index (χ1n) is 10.2. The summed E-state index contributed by atoms with van der Waals surface area (Å²) in [5.41, 5.74) is 1.86. The zero-order chi connectivity index (χ0) is 19.5. The molecule has 1 amide bonds. The van der Waals surface area contributed by atoms with Gasteiger partial charge in [0.15, 0.2) is 0 Å². The van der Waals surface area contributed by atoms with Crippen LogP contribution in [0.4, 0.5) is 17.5 Å². The highest BCUT2D eigenvalue weighted by Gasteiger charge is 2.28. The van der Waals surface area contributed by atoms with E-state index in [2.05, 4.69) is 30.4 Å². The first-order chi connectivity index (χ1) is 13.6. The molecule has 8 heteroatoms. The highest BCUT2D eigenvalue weighted by Crippen LogP contribution is 2.33. The summed E-state index contributed by atoms with van der Waals surface area (Å²) in [5, 5.41) is 10.5. The highest BCUT2D eigenvalue weighted by molar-refractivity contribution is 5.93. The van der Waals surface area contributed by atoms with Crippen molar-refractivity contribution in [3.8, 4) is 0 Å². The van der Waals surface area contributed by atoms with Crippen LogP contribution in [0.15, 0.2) is 18.5 Å². The van der Waals surface area contributed by atoms with Gasteiger partial charge in [-0.1, -0.05) is 12.8 Å². The third-order valence-corrected chi connectivity index (χ3v) is 5.83. The Bertz CT molecular complexity index is 812. The van der Waals surface area contributed by atoms with Crippen molar-refractivity contribution < 1.29 is 4.79 Å². The molecule has 0 spiro atoms. The molecule has 8 nitrogen and oxygen atoms in total. The van der Waals surface area contributed by atoms with E-state index >= 15 is 0 Å². The SMILES string of the molecule is CN(C)c1nccc(N2CCCC(c3[nH]ncc3NC(=O)C3CCCC3)C2)n1. The van der Waals surface area contributed by atoms with Gasteiger partial charge < -0.3 is 15.1 Å². The average Bonchev–Trinajstić information content (AvgIpc) is 3.40. The molecular weight excluding hydrogens is 354 g/mol. The quantitative estimate of drug-likeness (QED) is 0.825. The van der Waals surface area contributed by atoms with Gasteiger partial charge in [-0.25, -0.2) is 4.98 Å². The Hall–Kier alpha value is -2.64. The maximum absolute atomic E-state index is 12.6. The lowest BCUT2D eigenvalue weighted by Gasteiger charge is -2.33. The summed E-state index contributed by atoms with van der Waals surface area (Å²) in [7, 11) is 3.89. The number of hydrogen-bond donors (Lipinski definition) is 2. The molecule has 0 radical (unpaired) electrons. The van der Waals surface area contributed by atoms with Crippen LogP contribution in [0.1, 0.15) is 50.1 Å². The van der Waals surface area contributed by atoms with Crippen LogP contribution >= 0.6 is 0 Å². The van der Waals surface area contributed by atoms with Gasteiger partial charge in [0, 0.05) is 45.2 Å². The summed E-state index contributed by atoms with van der Waals surface area (Å²) in [6, 6.07) is 1.96. The van der Waals surface area contributed by atoms with E-state index in [9.17, 15) is 4.79 Å². The molecule has 3 heterocycles. The van der Waals surface area contributed by atoms with Crippen molar-refractivity contribution in [2.45, 2.75) is 44.4 Å². The van der Waals surface area contributed by atoms with Crippen LogP contribution in [0.3, 0.4) is 0 Å². The Balaban J connectivity index is 1.47. The maximum atomic E-state index is 12.6. The topological polar surface area (TPSA) is 90.0 Å². The molecule has 2 aromatic heterocycles. The Kier molecular flexibility index (Phi) is 5.45. The Labute approximate surface area is 165 Å². The molecule has 0 aromatic carbocycles. The minimum Gasteiger partial charge on any atom is -0.356 e. The second kappa shape index (κ2) is 8.16. The number of piperidine rings is 1. The smallest absolute Gasteiger partial charge is 0.227 e. The predicted octanol–water partition coefficient (Wildman–Crippen LogP) is 2.78. The molecule has 2 aromatic rings. The first kappa shape index (κ1) is 18.7. The van der Waals surface area contributed by atoms with Crippen molar-refractivity contribution in [1.82, 2.24) is 20.2 Å². The van der Waals surface area contributed by atoms with Crippen LogP contribution in [-0.4, -0.2) is 53.3 Å². The van der Waals surface area contributed by atoms with Crippen molar-refractivity contribution in [2.75, 3.05) is 42.3 Å². The third-order valence-electron chi connectivity index (χ3n) is 5.83. The van der Waals surface area contributed by atoms with E-state index in [1.807, 2.05) is 31.3 Å². The van der Waals surface area contributed by atoms with E-state index in [4.69, 9.17) is 0 Å². The Morgan fingerprint density at radius 3 is 2.86 bits per heavy atom. The summed E-state index contributed by atoms with van der Waals surface area (Å²) < 4.78 is 0. The summed E-state index contributed by atoms with van der Waals surface area (Å²) in [6.07, 6.45) is 10.00. The third kappa shape index (κ3) is 3.95. The summed E-state index contributed by atoms with van der Waals surface area (Å²) in [4.78, 5) is 25.8. The van der Waals surface area contributed by atoms with Gasteiger partial charge in [-0.15, -0.1) is 0 Å². The van der Waals surface area contributed by atoms with Gasteiger partial charge in [-0.2, -0.15) is 10.1 Å². The van der Waals surface area contributed by atoms with Gasteiger partial charge >= 0.3 is 0 Å². The van der Waals surface area contributed by atoms with Gasteiger partial charge in [0.2, 0.25) is 11.9 Å². The molecule has 4 rings (SSSR count). The van der Waals surface area contributed by atoms with E-state index in [0.29, 0.717) is 5.95 Å². The van der Waals surface area contributed by atoms with Crippen LogP contribution in [0.25, 0.3) is 0 Å². The average molecular weight is 384 g/mol. The maximum Gasteiger partial charge on any atom is 0.227 e. The van der Waals surface area contributed by atoms with Gasteiger partial charge in [0.1, 0.15) is 5.82 Å². The van der Waals surface area contributed by atoms with Crippen LogP contribution in [-0.2, 0) is 4.79 Å². The molecule has 1 aliphatic heterocycles. The van der Waals surface area contributed by atoms with Gasteiger partial charge in [-0.05, 0) is 31.7 Å². The molecular formula is C20H29N7O.